The van der Waals surface area contributed by atoms with Gasteiger partial charge in [0.2, 0.25) is 0 Å². The predicted octanol–water partition coefficient (Wildman–Crippen LogP) is 2.52. The van der Waals surface area contributed by atoms with Crippen molar-refractivity contribution in [2.24, 2.45) is 4.99 Å². The number of aliphatic imine (C=N–C) groups is 1. The number of hydrogen-bond acceptors (Lipinski definition) is 4. The van der Waals surface area contributed by atoms with Crippen LogP contribution in [0.25, 0.3) is 0 Å². The average molecular weight is 323 g/mol. The fourth-order valence-corrected chi connectivity index (χ4v) is 3.30. The molecule has 1 aromatic rings. The number of benzene rings is 1. The minimum atomic E-state index is -0.141. The highest BCUT2D eigenvalue weighted by atomic mass is 16.1. The van der Waals surface area contributed by atoms with Gasteiger partial charge in [-0.05, 0) is 32.0 Å². The molecule has 1 aromatic carbocycles. The van der Waals surface area contributed by atoms with E-state index < -0.39 is 0 Å². The first-order valence-electron chi connectivity index (χ1n) is 8.53. The van der Waals surface area contributed by atoms with Gasteiger partial charge in [-0.1, -0.05) is 42.5 Å². The molecule has 1 atom stereocenters. The molecule has 0 amide bonds. The van der Waals surface area contributed by atoms with Gasteiger partial charge >= 0.3 is 0 Å². The van der Waals surface area contributed by atoms with E-state index in [1.807, 2.05) is 43.3 Å². The quantitative estimate of drug-likeness (QED) is 0.361. The molecule has 4 heteroatoms. The highest BCUT2D eigenvalue weighted by molar-refractivity contribution is 6.00. The van der Waals surface area contributed by atoms with Crippen molar-refractivity contribution in [1.29, 1.82) is 0 Å². The zero-order valence-electron chi connectivity index (χ0n) is 14.5. The van der Waals surface area contributed by atoms with Gasteiger partial charge < -0.3 is 4.90 Å². The summed E-state index contributed by atoms with van der Waals surface area (Å²) < 4.78 is 0. The SMILES string of the molecule is CC(=N/C(C=O)=C\C1(N2CCN(C)CC2)C=CC1)c1ccccc1. The molecule has 1 unspecified atom stereocenters. The van der Waals surface area contributed by atoms with Crippen LogP contribution >= 0.6 is 0 Å². The maximum atomic E-state index is 11.6. The third-order valence-corrected chi connectivity index (χ3v) is 4.95. The number of carbonyl (C=O) groups excluding carboxylic acids is 1. The minimum absolute atomic E-state index is 0.141. The number of rotatable bonds is 5. The molecule has 0 bridgehead atoms. The Balaban J connectivity index is 1.83. The van der Waals surface area contributed by atoms with E-state index in [9.17, 15) is 4.79 Å². The topological polar surface area (TPSA) is 35.9 Å². The van der Waals surface area contributed by atoms with E-state index in [1.165, 1.54) is 0 Å². The molecule has 0 radical (unpaired) electrons. The van der Waals surface area contributed by atoms with Crippen molar-refractivity contribution in [3.8, 4) is 0 Å². The van der Waals surface area contributed by atoms with Gasteiger partial charge in [0.05, 0.1) is 5.54 Å². The lowest BCUT2D eigenvalue weighted by atomic mass is 9.82. The summed E-state index contributed by atoms with van der Waals surface area (Å²) in [7, 11) is 2.15. The summed E-state index contributed by atoms with van der Waals surface area (Å²) in [5, 5.41) is 0. The van der Waals surface area contributed by atoms with Gasteiger partial charge in [0.25, 0.3) is 0 Å². The minimum Gasteiger partial charge on any atom is -0.304 e. The standard InChI is InChI=1S/C20H25N3O/c1-17(18-7-4-3-5-8-18)21-19(16-24)15-20(9-6-10-20)23-13-11-22(2)12-14-23/h3-9,15-16H,10-14H2,1-2H3/b19-15-,21-17?. The van der Waals surface area contributed by atoms with Gasteiger partial charge in [-0.2, -0.15) is 0 Å². The first kappa shape index (κ1) is 16.8. The molecule has 0 N–H and O–H groups in total. The molecule has 126 valence electrons. The van der Waals surface area contributed by atoms with Crippen LogP contribution in [0, 0.1) is 0 Å². The number of carbonyl (C=O) groups is 1. The molecular weight excluding hydrogens is 298 g/mol. The zero-order chi connectivity index (χ0) is 17.0. The highest BCUT2D eigenvalue weighted by Crippen LogP contribution is 2.33. The first-order chi connectivity index (χ1) is 11.6. The van der Waals surface area contributed by atoms with Crippen molar-refractivity contribution >= 4 is 12.0 Å². The van der Waals surface area contributed by atoms with E-state index in [0.29, 0.717) is 5.70 Å². The molecule has 1 heterocycles. The molecule has 1 aliphatic heterocycles. The normalized spacial score (nSPS) is 26.2. The molecule has 1 aliphatic carbocycles. The van der Waals surface area contributed by atoms with Crippen LogP contribution in [-0.2, 0) is 4.79 Å². The summed E-state index contributed by atoms with van der Waals surface area (Å²) >= 11 is 0. The fraction of sp³-hybridized carbons (Fsp3) is 0.400. The maximum absolute atomic E-state index is 11.6. The van der Waals surface area contributed by atoms with Crippen LogP contribution in [-0.4, -0.2) is 60.6 Å². The third-order valence-electron chi connectivity index (χ3n) is 4.95. The second-order valence-corrected chi connectivity index (χ2v) is 6.64. The largest absolute Gasteiger partial charge is 0.304 e. The molecule has 1 saturated heterocycles. The fourth-order valence-electron chi connectivity index (χ4n) is 3.30. The number of likely N-dealkylation sites (N-methyl/N-ethyl adjacent to an activating group) is 1. The smallest absolute Gasteiger partial charge is 0.168 e. The molecular formula is C20H25N3O. The second-order valence-electron chi connectivity index (χ2n) is 6.64. The van der Waals surface area contributed by atoms with Crippen LogP contribution in [0.2, 0.25) is 0 Å². The van der Waals surface area contributed by atoms with Crippen LogP contribution in [0.4, 0.5) is 0 Å². The highest BCUT2D eigenvalue weighted by Gasteiger charge is 2.37. The van der Waals surface area contributed by atoms with Crippen molar-refractivity contribution in [2.75, 3.05) is 33.2 Å². The Kier molecular flexibility index (Phi) is 5.07. The summed E-state index contributed by atoms with van der Waals surface area (Å²) in [5.41, 5.74) is 2.28. The van der Waals surface area contributed by atoms with Crippen molar-refractivity contribution in [1.82, 2.24) is 9.80 Å². The summed E-state index contributed by atoms with van der Waals surface area (Å²) in [6.07, 6.45) is 8.24. The Labute approximate surface area is 144 Å². The van der Waals surface area contributed by atoms with Gasteiger partial charge in [0, 0.05) is 31.9 Å². The summed E-state index contributed by atoms with van der Waals surface area (Å²) in [6.45, 7) is 6.11. The summed E-state index contributed by atoms with van der Waals surface area (Å²) in [4.78, 5) is 21.0. The van der Waals surface area contributed by atoms with Crippen molar-refractivity contribution in [3.05, 3.63) is 59.8 Å². The molecule has 0 aromatic heterocycles. The van der Waals surface area contributed by atoms with E-state index in [-0.39, 0.29) is 5.54 Å². The number of hydrogen-bond donors (Lipinski definition) is 0. The number of piperazine rings is 1. The van der Waals surface area contributed by atoms with Gasteiger partial charge in [-0.25, -0.2) is 4.99 Å². The van der Waals surface area contributed by atoms with Gasteiger partial charge in [0.1, 0.15) is 5.70 Å². The molecule has 24 heavy (non-hydrogen) atoms. The third kappa shape index (κ3) is 3.55. The average Bonchev–Trinajstić information content (AvgIpc) is 2.58. The maximum Gasteiger partial charge on any atom is 0.168 e. The molecule has 3 rings (SSSR count). The van der Waals surface area contributed by atoms with Crippen LogP contribution in [0.3, 0.4) is 0 Å². The van der Waals surface area contributed by atoms with Crippen molar-refractivity contribution < 1.29 is 4.79 Å². The lowest BCUT2D eigenvalue weighted by Crippen LogP contribution is -2.56. The number of allylic oxidation sites excluding steroid dienone is 1. The van der Waals surface area contributed by atoms with Gasteiger partial charge in [-0.3, -0.25) is 9.69 Å². The van der Waals surface area contributed by atoms with E-state index in [4.69, 9.17) is 0 Å². The lowest BCUT2D eigenvalue weighted by Gasteiger charge is -2.47. The van der Waals surface area contributed by atoms with E-state index in [2.05, 4.69) is 34.0 Å². The Morgan fingerprint density at radius 1 is 1.17 bits per heavy atom. The Bertz CT molecular complexity index is 669. The second kappa shape index (κ2) is 7.24. The van der Waals surface area contributed by atoms with E-state index in [1.54, 1.807) is 0 Å². The Hall–Kier alpha value is -2.04. The van der Waals surface area contributed by atoms with Gasteiger partial charge in [0.15, 0.2) is 6.29 Å². The van der Waals surface area contributed by atoms with Crippen LogP contribution in [0.15, 0.2) is 59.2 Å². The summed E-state index contributed by atoms with van der Waals surface area (Å²) in [5.74, 6) is 0. The van der Waals surface area contributed by atoms with Crippen molar-refractivity contribution in [2.45, 2.75) is 18.9 Å². The van der Waals surface area contributed by atoms with E-state index >= 15 is 0 Å². The molecule has 2 aliphatic rings. The first-order valence-corrected chi connectivity index (χ1v) is 8.53. The number of aldehydes is 1. The van der Waals surface area contributed by atoms with Crippen molar-refractivity contribution in [3.63, 3.8) is 0 Å². The van der Waals surface area contributed by atoms with Crippen LogP contribution in [0.5, 0.6) is 0 Å². The Morgan fingerprint density at radius 2 is 1.83 bits per heavy atom. The lowest BCUT2D eigenvalue weighted by molar-refractivity contribution is -0.105. The Morgan fingerprint density at radius 3 is 2.38 bits per heavy atom. The molecule has 0 spiro atoms. The van der Waals surface area contributed by atoms with E-state index in [0.717, 1.165) is 50.2 Å². The predicted molar refractivity (Wildman–Crippen MR) is 98.4 cm³/mol. The molecule has 1 fully saturated rings. The monoisotopic (exact) mass is 323 g/mol. The zero-order valence-corrected chi connectivity index (χ0v) is 14.5. The van der Waals surface area contributed by atoms with Crippen LogP contribution in [0.1, 0.15) is 18.9 Å². The molecule has 4 nitrogen and oxygen atoms in total. The molecule has 0 saturated carbocycles. The van der Waals surface area contributed by atoms with Crippen LogP contribution < -0.4 is 0 Å². The van der Waals surface area contributed by atoms with Gasteiger partial charge in [-0.15, -0.1) is 0 Å². The number of nitrogens with zero attached hydrogens (tertiary/aromatic N) is 3. The summed E-state index contributed by atoms with van der Waals surface area (Å²) in [6, 6.07) is 9.98.